The molecule has 1 fully saturated rings. The maximum absolute atomic E-state index is 12.6. The van der Waals surface area contributed by atoms with Gasteiger partial charge in [0, 0.05) is 67.5 Å². The standard InChI is InChI=1S/C19H22N4O2S/c1-12-7-15(11-26-12)19(25)23-5-3-14(9-23)18-20-8-16-10-22(13(2)24)6-4-17(16)21-18/h7-8,11,14H,3-6,9-10H2,1-2H3/t14-/m1/s1. The molecule has 7 heteroatoms. The van der Waals surface area contributed by atoms with Crippen molar-refractivity contribution in [1.82, 2.24) is 19.8 Å². The maximum Gasteiger partial charge on any atom is 0.254 e. The number of fused-ring (bicyclic) bond motifs is 1. The van der Waals surface area contributed by atoms with E-state index >= 15 is 0 Å². The van der Waals surface area contributed by atoms with Crippen molar-refractivity contribution >= 4 is 23.2 Å². The van der Waals surface area contributed by atoms with Crippen molar-refractivity contribution in [2.24, 2.45) is 0 Å². The number of nitrogens with zero attached hydrogens (tertiary/aromatic N) is 4. The Bertz CT molecular complexity index is 863. The van der Waals surface area contributed by atoms with Gasteiger partial charge in [-0.2, -0.15) is 0 Å². The van der Waals surface area contributed by atoms with Gasteiger partial charge in [-0.15, -0.1) is 11.3 Å². The van der Waals surface area contributed by atoms with E-state index in [0.717, 1.165) is 46.9 Å². The van der Waals surface area contributed by atoms with Crippen LogP contribution in [0.2, 0.25) is 0 Å². The molecular formula is C19H22N4O2S. The molecule has 0 N–H and O–H groups in total. The fourth-order valence-electron chi connectivity index (χ4n) is 3.69. The Kier molecular flexibility index (Phi) is 4.48. The molecule has 2 amide bonds. The van der Waals surface area contributed by atoms with Crippen LogP contribution in [0, 0.1) is 6.92 Å². The number of rotatable bonds is 2. The van der Waals surface area contributed by atoms with Crippen molar-refractivity contribution in [2.45, 2.75) is 39.2 Å². The molecule has 2 aromatic rings. The number of carbonyl (C=O) groups excluding carboxylic acids is 2. The molecule has 2 aromatic heterocycles. The lowest BCUT2D eigenvalue weighted by Crippen LogP contribution is -2.35. The van der Waals surface area contributed by atoms with E-state index in [2.05, 4.69) is 4.98 Å². The molecule has 0 aromatic carbocycles. The molecule has 2 aliphatic rings. The lowest BCUT2D eigenvalue weighted by molar-refractivity contribution is -0.129. The number of amides is 2. The first-order valence-corrected chi connectivity index (χ1v) is 9.84. The van der Waals surface area contributed by atoms with Crippen LogP contribution in [0.1, 0.15) is 51.6 Å². The molecule has 0 radical (unpaired) electrons. The van der Waals surface area contributed by atoms with Crippen LogP contribution in [0.4, 0.5) is 0 Å². The molecule has 0 unspecified atom stereocenters. The zero-order valence-electron chi connectivity index (χ0n) is 15.1. The van der Waals surface area contributed by atoms with E-state index in [1.807, 2.05) is 34.4 Å². The van der Waals surface area contributed by atoms with Gasteiger partial charge in [0.2, 0.25) is 5.91 Å². The van der Waals surface area contributed by atoms with Gasteiger partial charge < -0.3 is 9.80 Å². The summed E-state index contributed by atoms with van der Waals surface area (Å²) in [6.45, 7) is 6.34. The van der Waals surface area contributed by atoms with Crippen LogP contribution in [0.15, 0.2) is 17.6 Å². The third-order valence-electron chi connectivity index (χ3n) is 5.22. The van der Waals surface area contributed by atoms with Gasteiger partial charge in [0.25, 0.3) is 5.91 Å². The first-order chi connectivity index (χ1) is 12.5. The highest BCUT2D eigenvalue weighted by Crippen LogP contribution is 2.28. The average Bonchev–Trinajstić information content (AvgIpc) is 3.29. The molecule has 6 nitrogen and oxygen atoms in total. The largest absolute Gasteiger partial charge is 0.338 e. The highest BCUT2D eigenvalue weighted by molar-refractivity contribution is 7.10. The van der Waals surface area contributed by atoms with Crippen LogP contribution < -0.4 is 0 Å². The zero-order valence-corrected chi connectivity index (χ0v) is 15.9. The molecular weight excluding hydrogens is 348 g/mol. The summed E-state index contributed by atoms with van der Waals surface area (Å²) < 4.78 is 0. The quantitative estimate of drug-likeness (QED) is 0.814. The van der Waals surface area contributed by atoms with Gasteiger partial charge in [0.05, 0.1) is 11.3 Å². The monoisotopic (exact) mass is 370 g/mol. The molecule has 0 saturated carbocycles. The topological polar surface area (TPSA) is 66.4 Å². The highest BCUT2D eigenvalue weighted by Gasteiger charge is 2.31. The first kappa shape index (κ1) is 17.1. The molecule has 0 bridgehead atoms. The number of hydrogen-bond acceptors (Lipinski definition) is 5. The average molecular weight is 370 g/mol. The second-order valence-corrected chi connectivity index (χ2v) is 8.19. The third kappa shape index (κ3) is 3.23. The number of aromatic nitrogens is 2. The summed E-state index contributed by atoms with van der Waals surface area (Å²) in [5, 5.41) is 1.93. The van der Waals surface area contributed by atoms with Crippen LogP contribution >= 0.6 is 11.3 Å². The van der Waals surface area contributed by atoms with Gasteiger partial charge in [-0.25, -0.2) is 9.97 Å². The van der Waals surface area contributed by atoms with Gasteiger partial charge in [0.1, 0.15) is 5.82 Å². The lowest BCUT2D eigenvalue weighted by atomic mass is 10.0. The van der Waals surface area contributed by atoms with Crippen LogP contribution in [0.5, 0.6) is 0 Å². The Morgan fingerprint density at radius 1 is 1.27 bits per heavy atom. The fraction of sp³-hybridized carbons (Fsp3) is 0.474. The van der Waals surface area contributed by atoms with Crippen LogP contribution in [0.25, 0.3) is 0 Å². The Balaban J connectivity index is 1.46. The van der Waals surface area contributed by atoms with Gasteiger partial charge in [0.15, 0.2) is 0 Å². The Morgan fingerprint density at radius 3 is 2.85 bits per heavy atom. The SMILES string of the molecule is CC(=O)N1CCc2nc([C@@H]3CCN(C(=O)c4csc(C)c4)C3)ncc2C1. The van der Waals surface area contributed by atoms with E-state index in [0.29, 0.717) is 19.6 Å². The normalized spacial score (nSPS) is 19.5. The summed E-state index contributed by atoms with van der Waals surface area (Å²) in [7, 11) is 0. The summed E-state index contributed by atoms with van der Waals surface area (Å²) >= 11 is 1.61. The zero-order chi connectivity index (χ0) is 18.3. The van der Waals surface area contributed by atoms with Crippen LogP contribution in [0.3, 0.4) is 0 Å². The lowest BCUT2D eigenvalue weighted by Gasteiger charge is -2.27. The number of likely N-dealkylation sites (tertiary alicyclic amines) is 1. The first-order valence-electron chi connectivity index (χ1n) is 8.96. The summed E-state index contributed by atoms with van der Waals surface area (Å²) in [5.41, 5.74) is 2.87. The van der Waals surface area contributed by atoms with Crippen molar-refractivity contribution in [3.63, 3.8) is 0 Å². The molecule has 1 atom stereocenters. The smallest absolute Gasteiger partial charge is 0.254 e. The van der Waals surface area contributed by atoms with Crippen molar-refractivity contribution in [3.8, 4) is 0 Å². The predicted molar refractivity (Wildman–Crippen MR) is 99.1 cm³/mol. The highest BCUT2D eigenvalue weighted by atomic mass is 32.1. The molecule has 1 saturated heterocycles. The second-order valence-electron chi connectivity index (χ2n) is 7.07. The van der Waals surface area contributed by atoms with E-state index < -0.39 is 0 Å². The second kappa shape index (κ2) is 6.79. The molecule has 4 rings (SSSR count). The van der Waals surface area contributed by atoms with Crippen LogP contribution in [-0.4, -0.2) is 51.2 Å². The van der Waals surface area contributed by atoms with Gasteiger partial charge in [-0.1, -0.05) is 0 Å². The molecule has 0 spiro atoms. The molecule has 0 aliphatic carbocycles. The van der Waals surface area contributed by atoms with E-state index in [4.69, 9.17) is 4.98 Å². The van der Waals surface area contributed by atoms with Crippen molar-refractivity contribution < 1.29 is 9.59 Å². The fourth-order valence-corrected chi connectivity index (χ4v) is 4.37. The van der Waals surface area contributed by atoms with E-state index in [1.54, 1.807) is 18.3 Å². The Morgan fingerprint density at radius 2 is 2.12 bits per heavy atom. The van der Waals surface area contributed by atoms with E-state index in [9.17, 15) is 9.59 Å². The predicted octanol–water partition coefficient (Wildman–Crippen LogP) is 2.38. The van der Waals surface area contributed by atoms with Gasteiger partial charge in [-0.05, 0) is 19.4 Å². The number of carbonyl (C=O) groups is 2. The van der Waals surface area contributed by atoms with Crippen molar-refractivity contribution in [1.29, 1.82) is 0 Å². The Hall–Kier alpha value is -2.28. The summed E-state index contributed by atoms with van der Waals surface area (Å²) in [6.07, 6.45) is 3.53. The molecule has 136 valence electrons. The minimum absolute atomic E-state index is 0.0911. The minimum atomic E-state index is 0.0911. The number of thiophene rings is 1. The number of hydrogen-bond donors (Lipinski definition) is 0. The summed E-state index contributed by atoms with van der Waals surface area (Å²) in [6, 6.07) is 1.95. The Labute approximate surface area is 156 Å². The number of aryl methyl sites for hydroxylation is 1. The molecule has 4 heterocycles. The van der Waals surface area contributed by atoms with E-state index in [-0.39, 0.29) is 17.7 Å². The van der Waals surface area contributed by atoms with Crippen molar-refractivity contribution in [3.05, 3.63) is 45.2 Å². The van der Waals surface area contributed by atoms with Crippen molar-refractivity contribution in [2.75, 3.05) is 19.6 Å². The summed E-state index contributed by atoms with van der Waals surface area (Å²) in [4.78, 5) is 38.4. The summed E-state index contributed by atoms with van der Waals surface area (Å²) in [5.74, 6) is 1.21. The van der Waals surface area contributed by atoms with Gasteiger partial charge >= 0.3 is 0 Å². The maximum atomic E-state index is 12.6. The van der Waals surface area contributed by atoms with E-state index in [1.165, 1.54) is 0 Å². The minimum Gasteiger partial charge on any atom is -0.338 e. The molecule has 26 heavy (non-hydrogen) atoms. The van der Waals surface area contributed by atoms with Crippen LogP contribution in [-0.2, 0) is 17.8 Å². The van der Waals surface area contributed by atoms with Gasteiger partial charge in [-0.3, -0.25) is 9.59 Å². The molecule has 2 aliphatic heterocycles. The third-order valence-corrected chi connectivity index (χ3v) is 6.08.